The first kappa shape index (κ1) is 14.1. The Bertz CT molecular complexity index is 619. The summed E-state index contributed by atoms with van der Waals surface area (Å²) in [5.41, 5.74) is 0.186. The zero-order valence-electron chi connectivity index (χ0n) is 11.2. The van der Waals surface area contributed by atoms with E-state index < -0.39 is 5.97 Å². The molecule has 3 rings (SSSR count). The van der Waals surface area contributed by atoms with Gasteiger partial charge < -0.3 is 5.11 Å². The quantitative estimate of drug-likeness (QED) is 0.852. The molecular weight excluding hydrogens is 294 g/mol. The van der Waals surface area contributed by atoms with Crippen LogP contribution < -0.4 is 4.90 Å². The average Bonchev–Trinajstić information content (AvgIpc) is 2.72. The Morgan fingerprint density at radius 1 is 1.14 bits per heavy atom. The molecule has 2 atom stereocenters. The van der Waals surface area contributed by atoms with E-state index in [4.69, 9.17) is 16.7 Å². The van der Waals surface area contributed by atoms with Crippen LogP contribution in [-0.2, 0) is 9.59 Å². The third kappa shape index (κ3) is 2.21. The van der Waals surface area contributed by atoms with Gasteiger partial charge in [0.05, 0.1) is 28.1 Å². The van der Waals surface area contributed by atoms with E-state index in [1.54, 1.807) is 0 Å². The summed E-state index contributed by atoms with van der Waals surface area (Å²) in [4.78, 5) is 37.1. The van der Waals surface area contributed by atoms with E-state index in [1.165, 1.54) is 18.2 Å². The van der Waals surface area contributed by atoms with E-state index in [2.05, 4.69) is 0 Å². The number of hydrogen-bond acceptors (Lipinski definition) is 3. The molecule has 0 aromatic heterocycles. The minimum Gasteiger partial charge on any atom is -0.478 e. The number of carboxylic acids is 1. The molecule has 6 heteroatoms. The summed E-state index contributed by atoms with van der Waals surface area (Å²) in [5.74, 6) is -2.20. The first-order chi connectivity index (χ1) is 10.0. The monoisotopic (exact) mass is 307 g/mol. The van der Waals surface area contributed by atoms with Gasteiger partial charge in [0, 0.05) is 0 Å². The fraction of sp³-hybridized carbons (Fsp3) is 0.400. The summed E-state index contributed by atoms with van der Waals surface area (Å²) >= 11 is 6.07. The maximum Gasteiger partial charge on any atom is 0.335 e. The molecule has 1 aromatic carbocycles. The van der Waals surface area contributed by atoms with E-state index in [0.29, 0.717) is 12.8 Å². The van der Waals surface area contributed by atoms with Gasteiger partial charge in [-0.1, -0.05) is 24.4 Å². The lowest BCUT2D eigenvalue weighted by Gasteiger charge is -2.19. The molecule has 21 heavy (non-hydrogen) atoms. The fourth-order valence-electron chi connectivity index (χ4n) is 3.22. The van der Waals surface area contributed by atoms with Crippen LogP contribution in [0.15, 0.2) is 18.2 Å². The summed E-state index contributed by atoms with van der Waals surface area (Å²) in [7, 11) is 0. The number of carbonyl (C=O) groups is 3. The van der Waals surface area contributed by atoms with Crippen molar-refractivity contribution in [3.8, 4) is 0 Å². The highest BCUT2D eigenvalue weighted by Gasteiger charge is 2.49. The van der Waals surface area contributed by atoms with E-state index in [-0.39, 0.29) is 39.9 Å². The van der Waals surface area contributed by atoms with Crippen LogP contribution in [0.25, 0.3) is 0 Å². The van der Waals surface area contributed by atoms with Gasteiger partial charge in [0.2, 0.25) is 11.8 Å². The molecule has 0 radical (unpaired) electrons. The number of imide groups is 1. The second-order valence-electron chi connectivity index (χ2n) is 5.48. The third-order valence-corrected chi connectivity index (χ3v) is 4.59. The largest absolute Gasteiger partial charge is 0.478 e. The molecule has 2 amide bonds. The Labute approximate surface area is 126 Å². The number of nitrogens with zero attached hydrogens (tertiary/aromatic N) is 1. The molecule has 1 aliphatic heterocycles. The van der Waals surface area contributed by atoms with Crippen molar-refractivity contribution in [2.24, 2.45) is 11.8 Å². The second-order valence-corrected chi connectivity index (χ2v) is 5.89. The smallest absolute Gasteiger partial charge is 0.335 e. The van der Waals surface area contributed by atoms with Gasteiger partial charge in [-0.05, 0) is 31.0 Å². The van der Waals surface area contributed by atoms with Crippen molar-refractivity contribution in [2.75, 3.05) is 4.90 Å². The number of carboxylic acid groups (broad SMARTS) is 1. The molecule has 0 spiro atoms. The van der Waals surface area contributed by atoms with Crippen LogP contribution in [0.1, 0.15) is 36.0 Å². The molecule has 1 N–H and O–H groups in total. The Morgan fingerprint density at radius 3 is 2.24 bits per heavy atom. The Hall–Kier alpha value is -1.88. The van der Waals surface area contributed by atoms with E-state index in [9.17, 15) is 14.4 Å². The van der Waals surface area contributed by atoms with Crippen molar-refractivity contribution in [1.82, 2.24) is 0 Å². The molecule has 2 aliphatic rings. The highest BCUT2D eigenvalue weighted by molar-refractivity contribution is 6.36. The zero-order valence-corrected chi connectivity index (χ0v) is 12.0. The van der Waals surface area contributed by atoms with Crippen molar-refractivity contribution in [2.45, 2.75) is 25.7 Å². The van der Waals surface area contributed by atoms with Crippen molar-refractivity contribution in [3.63, 3.8) is 0 Å². The van der Waals surface area contributed by atoms with Crippen molar-refractivity contribution >= 4 is 35.1 Å². The Morgan fingerprint density at radius 2 is 1.71 bits per heavy atom. The molecule has 1 saturated heterocycles. The van der Waals surface area contributed by atoms with Gasteiger partial charge in [0.15, 0.2) is 0 Å². The predicted molar refractivity (Wildman–Crippen MR) is 76.4 cm³/mol. The van der Waals surface area contributed by atoms with Gasteiger partial charge in [-0.2, -0.15) is 0 Å². The van der Waals surface area contributed by atoms with E-state index in [0.717, 1.165) is 17.7 Å². The van der Waals surface area contributed by atoms with Gasteiger partial charge in [-0.15, -0.1) is 0 Å². The van der Waals surface area contributed by atoms with Crippen LogP contribution in [0.4, 0.5) is 5.69 Å². The van der Waals surface area contributed by atoms with Gasteiger partial charge >= 0.3 is 5.97 Å². The first-order valence-corrected chi connectivity index (χ1v) is 7.29. The minimum absolute atomic E-state index is 0.00451. The maximum atomic E-state index is 12.5. The molecule has 2 unspecified atom stereocenters. The van der Waals surface area contributed by atoms with Gasteiger partial charge in [-0.3, -0.25) is 9.59 Å². The molecular formula is C15H14ClNO4. The van der Waals surface area contributed by atoms with Crippen LogP contribution in [0.2, 0.25) is 5.02 Å². The molecule has 1 aromatic rings. The number of fused-ring (bicyclic) bond motifs is 1. The van der Waals surface area contributed by atoms with Crippen LogP contribution in [0.3, 0.4) is 0 Å². The predicted octanol–water partition coefficient (Wildman–Crippen LogP) is 2.72. The molecule has 1 heterocycles. The van der Waals surface area contributed by atoms with Crippen LogP contribution >= 0.6 is 11.6 Å². The summed E-state index contributed by atoms with van der Waals surface area (Å²) < 4.78 is 0. The number of anilines is 1. The summed E-state index contributed by atoms with van der Waals surface area (Å²) in [6, 6.07) is 4.05. The summed E-state index contributed by atoms with van der Waals surface area (Å²) in [6.07, 6.45) is 3.30. The number of aromatic carboxylic acids is 1. The molecule has 110 valence electrons. The Balaban J connectivity index is 2.04. The summed E-state index contributed by atoms with van der Waals surface area (Å²) in [6.45, 7) is 0. The number of rotatable bonds is 2. The lowest BCUT2D eigenvalue weighted by atomic mass is 9.81. The van der Waals surface area contributed by atoms with Crippen LogP contribution in [0, 0.1) is 11.8 Å². The lowest BCUT2D eigenvalue weighted by Crippen LogP contribution is -2.31. The van der Waals surface area contributed by atoms with E-state index >= 15 is 0 Å². The van der Waals surface area contributed by atoms with Crippen molar-refractivity contribution in [1.29, 1.82) is 0 Å². The molecule has 5 nitrogen and oxygen atoms in total. The minimum atomic E-state index is -1.12. The average molecular weight is 308 g/mol. The molecule has 1 aliphatic carbocycles. The van der Waals surface area contributed by atoms with Crippen molar-refractivity contribution in [3.05, 3.63) is 28.8 Å². The maximum absolute atomic E-state index is 12.5. The van der Waals surface area contributed by atoms with Gasteiger partial charge in [0.25, 0.3) is 0 Å². The lowest BCUT2D eigenvalue weighted by molar-refractivity contribution is -0.122. The van der Waals surface area contributed by atoms with Gasteiger partial charge in [-0.25, -0.2) is 9.69 Å². The number of hydrogen-bond donors (Lipinski definition) is 1. The standard InChI is InChI=1S/C15H14ClNO4/c16-11-6-5-8(15(20)21)7-12(11)17-13(18)9-3-1-2-4-10(9)14(17)19/h5-7,9-10H,1-4H2,(H,20,21). The number of carbonyl (C=O) groups excluding carboxylic acids is 2. The van der Waals surface area contributed by atoms with Crippen molar-refractivity contribution < 1.29 is 19.5 Å². The number of amides is 2. The number of halogens is 1. The topological polar surface area (TPSA) is 74.7 Å². The molecule has 0 bridgehead atoms. The highest BCUT2D eigenvalue weighted by atomic mass is 35.5. The third-order valence-electron chi connectivity index (χ3n) is 4.28. The molecule has 1 saturated carbocycles. The van der Waals surface area contributed by atoms with Gasteiger partial charge in [0.1, 0.15) is 0 Å². The second kappa shape index (κ2) is 5.15. The van der Waals surface area contributed by atoms with Crippen LogP contribution in [0.5, 0.6) is 0 Å². The summed E-state index contributed by atoms with van der Waals surface area (Å²) in [5, 5.41) is 9.26. The van der Waals surface area contributed by atoms with Crippen LogP contribution in [-0.4, -0.2) is 22.9 Å². The molecule has 2 fully saturated rings. The highest BCUT2D eigenvalue weighted by Crippen LogP contribution is 2.41. The normalized spacial score (nSPS) is 25.1. The SMILES string of the molecule is O=C(O)c1ccc(Cl)c(N2C(=O)C3CCCCC3C2=O)c1. The first-order valence-electron chi connectivity index (χ1n) is 6.91. The van der Waals surface area contributed by atoms with E-state index in [1.807, 2.05) is 0 Å². The fourth-order valence-corrected chi connectivity index (χ4v) is 3.42. The zero-order chi connectivity index (χ0) is 15.1. The Kier molecular flexibility index (Phi) is 3.45. The number of benzene rings is 1.